The topological polar surface area (TPSA) is 94.9 Å². The molecule has 0 unspecified atom stereocenters. The Morgan fingerprint density at radius 1 is 1.47 bits per heavy atom. The van der Waals surface area contributed by atoms with Gasteiger partial charge in [-0.05, 0) is 13.0 Å². The number of aromatic nitrogens is 2. The van der Waals surface area contributed by atoms with E-state index < -0.39 is 0 Å². The maximum Gasteiger partial charge on any atom is 0.224 e. The van der Waals surface area contributed by atoms with E-state index in [4.69, 9.17) is 11.5 Å². The van der Waals surface area contributed by atoms with Crippen molar-refractivity contribution >= 4 is 22.9 Å². The van der Waals surface area contributed by atoms with Gasteiger partial charge in [-0.3, -0.25) is 9.78 Å². The average molecular weight is 248 g/mol. The quantitative estimate of drug-likeness (QED) is 0.851. The van der Waals surface area contributed by atoms with Gasteiger partial charge in [0.1, 0.15) is 5.01 Å². The number of carbonyl (C=O) groups excluding carboxylic acids is 1. The van der Waals surface area contributed by atoms with E-state index in [1.54, 1.807) is 12.4 Å². The Bertz CT molecular complexity index is 564. The van der Waals surface area contributed by atoms with Gasteiger partial charge in [0.05, 0.1) is 22.7 Å². The second-order valence-corrected chi connectivity index (χ2v) is 4.76. The monoisotopic (exact) mass is 248 g/mol. The standard InChI is InChI=1S/C11H12N4OS/c1-6-11(7-2-8(12)5-14-4-7)17-10(15-6)3-9(13)16/h2,4-5H,3,12H2,1H3,(H2,13,16). The molecule has 6 heteroatoms. The van der Waals surface area contributed by atoms with Crippen molar-refractivity contribution in [2.24, 2.45) is 5.73 Å². The molecule has 0 fully saturated rings. The van der Waals surface area contributed by atoms with Gasteiger partial charge in [-0.25, -0.2) is 4.98 Å². The van der Waals surface area contributed by atoms with E-state index >= 15 is 0 Å². The van der Waals surface area contributed by atoms with Crippen LogP contribution in [0.1, 0.15) is 10.7 Å². The number of hydrogen-bond acceptors (Lipinski definition) is 5. The summed E-state index contributed by atoms with van der Waals surface area (Å²) in [6, 6.07) is 1.83. The molecule has 2 aromatic heterocycles. The van der Waals surface area contributed by atoms with Crippen molar-refractivity contribution in [1.29, 1.82) is 0 Å². The van der Waals surface area contributed by atoms with Crippen LogP contribution >= 0.6 is 11.3 Å². The average Bonchev–Trinajstić information content (AvgIpc) is 2.58. The first kappa shape index (κ1) is 11.5. The Kier molecular flexibility index (Phi) is 3.06. The van der Waals surface area contributed by atoms with E-state index in [1.165, 1.54) is 11.3 Å². The van der Waals surface area contributed by atoms with Crippen LogP contribution in [-0.2, 0) is 11.2 Å². The van der Waals surface area contributed by atoms with E-state index in [0.717, 1.165) is 16.1 Å². The fourth-order valence-corrected chi connectivity index (χ4v) is 2.58. The number of aryl methyl sites for hydroxylation is 1. The van der Waals surface area contributed by atoms with Crippen molar-refractivity contribution in [2.45, 2.75) is 13.3 Å². The van der Waals surface area contributed by atoms with E-state index in [0.29, 0.717) is 10.7 Å². The summed E-state index contributed by atoms with van der Waals surface area (Å²) in [7, 11) is 0. The van der Waals surface area contributed by atoms with Crippen LogP contribution in [0.4, 0.5) is 5.69 Å². The lowest BCUT2D eigenvalue weighted by atomic mass is 10.2. The van der Waals surface area contributed by atoms with Gasteiger partial charge < -0.3 is 11.5 Å². The third kappa shape index (κ3) is 2.59. The van der Waals surface area contributed by atoms with E-state index in [1.807, 2.05) is 13.0 Å². The number of nitrogens with two attached hydrogens (primary N) is 2. The fourth-order valence-electron chi connectivity index (χ4n) is 1.53. The third-order valence-corrected chi connectivity index (χ3v) is 3.39. The summed E-state index contributed by atoms with van der Waals surface area (Å²) in [5.41, 5.74) is 13.2. The number of nitrogens with zero attached hydrogens (tertiary/aromatic N) is 2. The molecule has 1 amide bonds. The van der Waals surface area contributed by atoms with Crippen LogP contribution in [0.3, 0.4) is 0 Å². The zero-order valence-corrected chi connectivity index (χ0v) is 10.1. The second kappa shape index (κ2) is 4.50. The molecule has 17 heavy (non-hydrogen) atoms. The number of hydrogen-bond donors (Lipinski definition) is 2. The number of nitrogen functional groups attached to an aromatic ring is 1. The first-order valence-corrected chi connectivity index (χ1v) is 5.83. The van der Waals surface area contributed by atoms with Crippen molar-refractivity contribution in [3.63, 3.8) is 0 Å². The van der Waals surface area contributed by atoms with Gasteiger partial charge >= 0.3 is 0 Å². The number of thiazole rings is 1. The molecule has 0 aromatic carbocycles. The summed E-state index contributed by atoms with van der Waals surface area (Å²) < 4.78 is 0. The van der Waals surface area contributed by atoms with Gasteiger partial charge in [0, 0.05) is 18.0 Å². The summed E-state index contributed by atoms with van der Waals surface area (Å²) in [6.45, 7) is 1.89. The first-order chi connectivity index (χ1) is 8.06. The molecule has 0 radical (unpaired) electrons. The number of anilines is 1. The molecule has 2 rings (SSSR count). The Balaban J connectivity index is 2.39. The molecule has 5 nitrogen and oxygen atoms in total. The lowest BCUT2D eigenvalue weighted by molar-refractivity contribution is -0.117. The van der Waals surface area contributed by atoms with Crippen LogP contribution in [0, 0.1) is 6.92 Å². The van der Waals surface area contributed by atoms with Crippen molar-refractivity contribution in [1.82, 2.24) is 9.97 Å². The molecule has 0 bridgehead atoms. The van der Waals surface area contributed by atoms with Gasteiger partial charge in [0.2, 0.25) is 5.91 Å². The maximum atomic E-state index is 10.8. The molecule has 0 atom stereocenters. The summed E-state index contributed by atoms with van der Waals surface area (Å²) in [5, 5.41) is 0.715. The molecule has 0 saturated heterocycles. The molecule has 88 valence electrons. The van der Waals surface area contributed by atoms with Crippen molar-refractivity contribution < 1.29 is 4.79 Å². The molecular formula is C11H12N4OS. The van der Waals surface area contributed by atoms with Gasteiger partial charge in [-0.1, -0.05) is 0 Å². The van der Waals surface area contributed by atoms with Crippen LogP contribution in [0.5, 0.6) is 0 Å². The predicted octanol–water partition coefficient (Wildman–Crippen LogP) is 1.12. The summed E-state index contributed by atoms with van der Waals surface area (Å²) in [5.74, 6) is -0.379. The number of carbonyl (C=O) groups is 1. The van der Waals surface area contributed by atoms with Crippen molar-refractivity contribution in [3.05, 3.63) is 29.2 Å². The highest BCUT2D eigenvalue weighted by Crippen LogP contribution is 2.30. The van der Waals surface area contributed by atoms with E-state index in [2.05, 4.69) is 9.97 Å². The third-order valence-electron chi connectivity index (χ3n) is 2.19. The molecule has 0 aliphatic carbocycles. The fraction of sp³-hybridized carbons (Fsp3) is 0.182. The summed E-state index contributed by atoms with van der Waals surface area (Å²) in [4.78, 5) is 20.1. The Hall–Kier alpha value is -1.95. The van der Waals surface area contributed by atoms with Crippen LogP contribution in [-0.4, -0.2) is 15.9 Å². The molecule has 0 aliphatic rings. The Labute approximate surface area is 103 Å². The number of rotatable bonds is 3. The van der Waals surface area contributed by atoms with Crippen LogP contribution in [0.25, 0.3) is 10.4 Å². The Morgan fingerprint density at radius 2 is 2.24 bits per heavy atom. The summed E-state index contributed by atoms with van der Waals surface area (Å²) >= 11 is 1.44. The van der Waals surface area contributed by atoms with Crippen LogP contribution in [0.2, 0.25) is 0 Å². The Morgan fingerprint density at radius 3 is 2.88 bits per heavy atom. The predicted molar refractivity (Wildman–Crippen MR) is 67.4 cm³/mol. The van der Waals surface area contributed by atoms with E-state index in [-0.39, 0.29) is 12.3 Å². The highest BCUT2D eigenvalue weighted by Gasteiger charge is 2.11. The van der Waals surface area contributed by atoms with Crippen LogP contribution in [0.15, 0.2) is 18.5 Å². The normalized spacial score (nSPS) is 10.4. The van der Waals surface area contributed by atoms with Gasteiger partial charge in [0.15, 0.2) is 0 Å². The molecule has 4 N–H and O–H groups in total. The molecule has 2 aromatic rings. The minimum atomic E-state index is -0.379. The van der Waals surface area contributed by atoms with Crippen LogP contribution < -0.4 is 11.5 Å². The molecule has 0 spiro atoms. The smallest absolute Gasteiger partial charge is 0.224 e. The minimum absolute atomic E-state index is 0.168. The zero-order valence-electron chi connectivity index (χ0n) is 9.30. The van der Waals surface area contributed by atoms with Gasteiger partial charge in [0.25, 0.3) is 0 Å². The lowest BCUT2D eigenvalue weighted by Gasteiger charge is -1.98. The molecule has 0 aliphatic heterocycles. The minimum Gasteiger partial charge on any atom is -0.397 e. The van der Waals surface area contributed by atoms with Crippen molar-refractivity contribution in [3.8, 4) is 10.4 Å². The second-order valence-electron chi connectivity index (χ2n) is 3.67. The zero-order chi connectivity index (χ0) is 12.4. The van der Waals surface area contributed by atoms with Crippen molar-refractivity contribution in [2.75, 3.05) is 5.73 Å². The maximum absolute atomic E-state index is 10.8. The summed E-state index contributed by atoms with van der Waals surface area (Å²) in [6.07, 6.45) is 3.48. The first-order valence-electron chi connectivity index (χ1n) is 5.02. The highest BCUT2D eigenvalue weighted by molar-refractivity contribution is 7.15. The molecule has 2 heterocycles. The number of amides is 1. The molecular weight excluding hydrogens is 236 g/mol. The van der Waals surface area contributed by atoms with Gasteiger partial charge in [-0.2, -0.15) is 0 Å². The lowest BCUT2D eigenvalue weighted by Crippen LogP contribution is -2.13. The molecule has 0 saturated carbocycles. The number of primary amides is 1. The highest BCUT2D eigenvalue weighted by atomic mass is 32.1. The van der Waals surface area contributed by atoms with E-state index in [9.17, 15) is 4.79 Å². The largest absolute Gasteiger partial charge is 0.397 e. The number of pyridine rings is 1. The van der Waals surface area contributed by atoms with Gasteiger partial charge in [-0.15, -0.1) is 11.3 Å². The SMILES string of the molecule is Cc1nc(CC(N)=O)sc1-c1cncc(N)c1.